The molecule has 2 N–H and O–H groups in total. The van der Waals surface area contributed by atoms with E-state index in [4.69, 9.17) is 16.3 Å². The molecule has 1 aliphatic rings. The van der Waals surface area contributed by atoms with Crippen molar-refractivity contribution in [3.8, 4) is 0 Å². The van der Waals surface area contributed by atoms with Gasteiger partial charge in [0.05, 0.1) is 6.10 Å². The number of carbonyl (C=O) groups is 1. The Morgan fingerprint density at radius 3 is 3.08 bits per heavy atom. The minimum Gasteiger partial charge on any atom is -0.379 e. The van der Waals surface area contributed by atoms with Gasteiger partial charge in [0.1, 0.15) is 0 Å². The Morgan fingerprint density at radius 2 is 2.29 bits per heavy atom. The summed E-state index contributed by atoms with van der Waals surface area (Å²) in [5, 5.41) is 4.81. The number of fused-ring (bicyclic) bond motifs is 3. The molecule has 0 spiro atoms. The van der Waals surface area contributed by atoms with E-state index < -0.39 is 0 Å². The van der Waals surface area contributed by atoms with Gasteiger partial charge in [-0.1, -0.05) is 11.6 Å². The van der Waals surface area contributed by atoms with Crippen molar-refractivity contribution in [2.45, 2.75) is 39.3 Å². The molecule has 2 amide bonds. The first-order valence-electron chi connectivity index (χ1n) is 8.48. The van der Waals surface area contributed by atoms with E-state index in [1.54, 1.807) is 0 Å². The molecule has 1 aromatic carbocycles. The maximum Gasteiger partial charge on any atom is 0.317 e. The lowest BCUT2D eigenvalue weighted by Gasteiger charge is -2.27. The second-order valence-corrected chi connectivity index (χ2v) is 6.89. The maximum absolute atomic E-state index is 12.4. The Kier molecular flexibility index (Phi) is 5.31. The largest absolute Gasteiger partial charge is 0.379 e. The summed E-state index contributed by atoms with van der Waals surface area (Å²) in [6.07, 6.45) is 1.90. The zero-order valence-electron chi connectivity index (χ0n) is 14.2. The van der Waals surface area contributed by atoms with E-state index in [1.807, 2.05) is 36.9 Å². The molecule has 3 rings (SSSR count). The number of urea groups is 1. The Balaban J connectivity index is 1.59. The van der Waals surface area contributed by atoms with Crippen molar-refractivity contribution in [3.63, 3.8) is 0 Å². The smallest absolute Gasteiger partial charge is 0.317 e. The number of ether oxygens (including phenoxy) is 1. The summed E-state index contributed by atoms with van der Waals surface area (Å²) in [5.41, 5.74) is 3.47. The molecule has 0 saturated heterocycles. The second kappa shape index (κ2) is 7.45. The van der Waals surface area contributed by atoms with E-state index in [1.165, 1.54) is 11.3 Å². The molecule has 0 saturated carbocycles. The van der Waals surface area contributed by atoms with Gasteiger partial charge >= 0.3 is 6.03 Å². The number of hydrogen-bond acceptors (Lipinski definition) is 2. The Labute approximate surface area is 147 Å². The highest BCUT2D eigenvalue weighted by atomic mass is 35.5. The molecule has 24 heavy (non-hydrogen) atoms. The molecule has 0 radical (unpaired) electrons. The first-order chi connectivity index (χ1) is 11.5. The van der Waals surface area contributed by atoms with Gasteiger partial charge in [-0.05, 0) is 38.5 Å². The van der Waals surface area contributed by atoms with E-state index in [0.29, 0.717) is 19.7 Å². The van der Waals surface area contributed by atoms with Crippen LogP contribution in [0.1, 0.15) is 31.5 Å². The van der Waals surface area contributed by atoms with Crippen molar-refractivity contribution >= 4 is 28.5 Å². The number of nitrogens with zero attached hydrogens (tertiary/aromatic N) is 1. The third-order valence-corrected chi connectivity index (χ3v) is 4.51. The standard InChI is InChI=1S/C18H24ClN3O2/c1-12(2)24-9-3-7-20-18(23)22-8-6-17-15(11-22)14-10-13(19)4-5-16(14)21-17/h4-5,10,12,21H,3,6-9,11H2,1-2H3,(H,20,23). The number of benzene rings is 1. The summed E-state index contributed by atoms with van der Waals surface area (Å²) in [7, 11) is 0. The van der Waals surface area contributed by atoms with Crippen molar-refractivity contribution in [3.05, 3.63) is 34.5 Å². The van der Waals surface area contributed by atoms with Crippen LogP contribution in [-0.2, 0) is 17.7 Å². The normalized spacial score (nSPS) is 14.2. The van der Waals surface area contributed by atoms with Crippen LogP contribution in [0.2, 0.25) is 5.02 Å². The van der Waals surface area contributed by atoms with Gasteiger partial charge in [0.2, 0.25) is 0 Å². The van der Waals surface area contributed by atoms with Gasteiger partial charge in [-0.3, -0.25) is 0 Å². The highest BCUT2D eigenvalue weighted by Crippen LogP contribution is 2.29. The SMILES string of the molecule is CC(C)OCCCNC(=O)N1CCc2[nH]c3ccc(Cl)cc3c2C1. The molecular weight excluding hydrogens is 326 g/mol. The lowest BCUT2D eigenvalue weighted by atomic mass is 10.0. The fourth-order valence-electron chi connectivity index (χ4n) is 3.06. The molecule has 0 bridgehead atoms. The van der Waals surface area contributed by atoms with E-state index in [2.05, 4.69) is 10.3 Å². The van der Waals surface area contributed by atoms with Gasteiger partial charge < -0.3 is 19.9 Å². The molecule has 2 heterocycles. The van der Waals surface area contributed by atoms with Crippen LogP contribution in [0.5, 0.6) is 0 Å². The van der Waals surface area contributed by atoms with Crippen LogP contribution in [-0.4, -0.2) is 41.7 Å². The Bertz CT molecular complexity index is 726. The summed E-state index contributed by atoms with van der Waals surface area (Å²) in [4.78, 5) is 17.7. The first kappa shape index (κ1) is 17.1. The number of carbonyl (C=O) groups excluding carboxylic acids is 1. The Hall–Kier alpha value is -1.72. The Morgan fingerprint density at radius 1 is 1.46 bits per heavy atom. The molecule has 0 unspecified atom stereocenters. The van der Waals surface area contributed by atoms with Gasteiger partial charge in [0.15, 0.2) is 0 Å². The molecule has 0 fully saturated rings. The van der Waals surface area contributed by atoms with Crippen LogP contribution in [0.25, 0.3) is 10.9 Å². The molecule has 5 nitrogen and oxygen atoms in total. The fourth-order valence-corrected chi connectivity index (χ4v) is 3.23. The van der Waals surface area contributed by atoms with Crippen LogP contribution in [0.4, 0.5) is 4.79 Å². The number of amides is 2. The number of hydrogen-bond donors (Lipinski definition) is 2. The summed E-state index contributed by atoms with van der Waals surface area (Å²) in [6, 6.07) is 5.84. The minimum atomic E-state index is -0.0124. The second-order valence-electron chi connectivity index (χ2n) is 6.45. The summed E-state index contributed by atoms with van der Waals surface area (Å²) in [6.45, 7) is 6.66. The zero-order valence-corrected chi connectivity index (χ0v) is 14.9. The van der Waals surface area contributed by atoms with Crippen molar-refractivity contribution in [1.29, 1.82) is 0 Å². The summed E-state index contributed by atoms with van der Waals surface area (Å²) >= 11 is 6.12. The van der Waals surface area contributed by atoms with Crippen molar-refractivity contribution in [1.82, 2.24) is 15.2 Å². The van der Waals surface area contributed by atoms with E-state index >= 15 is 0 Å². The quantitative estimate of drug-likeness (QED) is 0.808. The van der Waals surface area contributed by atoms with Crippen LogP contribution < -0.4 is 5.32 Å². The highest BCUT2D eigenvalue weighted by molar-refractivity contribution is 6.31. The van der Waals surface area contributed by atoms with Gasteiger partial charge in [-0.15, -0.1) is 0 Å². The molecule has 1 aliphatic heterocycles. The van der Waals surface area contributed by atoms with Gasteiger partial charge in [0, 0.05) is 59.8 Å². The molecule has 0 atom stereocenters. The van der Waals surface area contributed by atoms with Crippen LogP contribution in [0.3, 0.4) is 0 Å². The average molecular weight is 350 g/mol. The number of nitrogens with one attached hydrogen (secondary N) is 2. The van der Waals surface area contributed by atoms with Crippen molar-refractivity contribution in [2.24, 2.45) is 0 Å². The van der Waals surface area contributed by atoms with Crippen LogP contribution in [0, 0.1) is 0 Å². The summed E-state index contributed by atoms with van der Waals surface area (Å²) in [5.74, 6) is 0. The van der Waals surface area contributed by atoms with E-state index in [0.717, 1.165) is 35.3 Å². The van der Waals surface area contributed by atoms with E-state index in [-0.39, 0.29) is 12.1 Å². The van der Waals surface area contributed by atoms with Crippen LogP contribution in [0.15, 0.2) is 18.2 Å². The molecule has 2 aromatic rings. The number of halogens is 1. The molecule has 1 aromatic heterocycles. The maximum atomic E-state index is 12.4. The molecular formula is C18H24ClN3O2. The topological polar surface area (TPSA) is 57.4 Å². The predicted octanol–water partition coefficient (Wildman–Crippen LogP) is 3.70. The number of rotatable bonds is 5. The first-order valence-corrected chi connectivity index (χ1v) is 8.85. The average Bonchev–Trinajstić information content (AvgIpc) is 2.91. The molecule has 6 heteroatoms. The lowest BCUT2D eigenvalue weighted by molar-refractivity contribution is 0.0771. The van der Waals surface area contributed by atoms with Gasteiger partial charge in [0.25, 0.3) is 0 Å². The van der Waals surface area contributed by atoms with Gasteiger partial charge in [-0.25, -0.2) is 4.79 Å². The predicted molar refractivity (Wildman–Crippen MR) is 96.5 cm³/mol. The number of H-pyrrole nitrogens is 1. The highest BCUT2D eigenvalue weighted by Gasteiger charge is 2.23. The number of aromatic nitrogens is 1. The van der Waals surface area contributed by atoms with Crippen LogP contribution >= 0.6 is 11.6 Å². The fraction of sp³-hybridized carbons (Fsp3) is 0.500. The zero-order chi connectivity index (χ0) is 17.1. The monoisotopic (exact) mass is 349 g/mol. The van der Waals surface area contributed by atoms with Crippen molar-refractivity contribution in [2.75, 3.05) is 19.7 Å². The minimum absolute atomic E-state index is 0.0124. The van der Waals surface area contributed by atoms with E-state index in [9.17, 15) is 4.79 Å². The van der Waals surface area contributed by atoms with Crippen molar-refractivity contribution < 1.29 is 9.53 Å². The van der Waals surface area contributed by atoms with Gasteiger partial charge in [-0.2, -0.15) is 0 Å². The molecule has 130 valence electrons. The third-order valence-electron chi connectivity index (χ3n) is 4.27. The number of aromatic amines is 1. The lowest BCUT2D eigenvalue weighted by Crippen LogP contribution is -2.43. The molecule has 0 aliphatic carbocycles. The summed E-state index contributed by atoms with van der Waals surface area (Å²) < 4.78 is 5.48. The third kappa shape index (κ3) is 3.84.